The third kappa shape index (κ3) is 4.58. The van der Waals surface area contributed by atoms with Crippen LogP contribution in [0.5, 0.6) is 0 Å². The van der Waals surface area contributed by atoms with Gasteiger partial charge in [-0.2, -0.15) is 0 Å². The third-order valence-electron chi connectivity index (χ3n) is 5.19. The van der Waals surface area contributed by atoms with Crippen molar-refractivity contribution < 1.29 is 17.6 Å². The van der Waals surface area contributed by atoms with Gasteiger partial charge in [0.05, 0.1) is 11.2 Å². The number of sulfone groups is 1. The minimum atomic E-state index is -3.72. The van der Waals surface area contributed by atoms with Crippen molar-refractivity contribution in [2.24, 2.45) is 0 Å². The first kappa shape index (κ1) is 20.5. The second-order valence-electron chi connectivity index (χ2n) is 7.51. The molecule has 1 aliphatic heterocycles. The van der Waals surface area contributed by atoms with Crippen LogP contribution in [0, 0.1) is 0 Å². The highest BCUT2D eigenvalue weighted by molar-refractivity contribution is 7.91. The quantitative estimate of drug-likeness (QED) is 0.786. The van der Waals surface area contributed by atoms with Gasteiger partial charge in [0.2, 0.25) is 0 Å². The molecule has 2 aromatic rings. The summed E-state index contributed by atoms with van der Waals surface area (Å²) in [6, 6.07) is 10.0. The summed E-state index contributed by atoms with van der Waals surface area (Å²) in [6.07, 6.45) is 4.54. The van der Waals surface area contributed by atoms with E-state index < -0.39 is 15.1 Å². The van der Waals surface area contributed by atoms with Crippen LogP contribution in [0.4, 0.5) is 4.79 Å². The number of nitrogens with one attached hydrogen (secondary N) is 1. The number of urea groups is 1. The Hall–Kier alpha value is -2.28. The van der Waals surface area contributed by atoms with Crippen LogP contribution >= 0.6 is 0 Å². The smallest absolute Gasteiger partial charge is 0.317 e. The van der Waals surface area contributed by atoms with Crippen LogP contribution in [0.15, 0.2) is 52.0 Å². The summed E-state index contributed by atoms with van der Waals surface area (Å²) in [5, 5.41) is 1.82. The molecule has 152 valence electrons. The molecule has 1 aromatic carbocycles. The Morgan fingerprint density at radius 3 is 2.36 bits per heavy atom. The molecular formula is C21H28N2O4S. The molecule has 1 fully saturated rings. The summed E-state index contributed by atoms with van der Waals surface area (Å²) in [4.78, 5) is 14.4. The fraction of sp³-hybridized carbons (Fsp3) is 0.476. The maximum Gasteiger partial charge on any atom is 0.317 e. The van der Waals surface area contributed by atoms with E-state index in [0.29, 0.717) is 24.8 Å². The molecule has 0 bridgehead atoms. The molecule has 2 amide bonds. The lowest BCUT2D eigenvalue weighted by molar-refractivity contribution is 0.186. The van der Waals surface area contributed by atoms with Crippen molar-refractivity contribution in [1.29, 1.82) is 0 Å². The van der Waals surface area contributed by atoms with E-state index in [-0.39, 0.29) is 17.5 Å². The topological polar surface area (TPSA) is 79.6 Å². The van der Waals surface area contributed by atoms with Crippen molar-refractivity contribution in [3.05, 3.63) is 54.0 Å². The summed E-state index contributed by atoms with van der Waals surface area (Å²) in [7, 11) is -3.72. The van der Waals surface area contributed by atoms with Crippen molar-refractivity contribution in [3.8, 4) is 0 Å². The molecular weight excluding hydrogens is 376 g/mol. The molecule has 0 aliphatic carbocycles. The number of carbonyl (C=O) groups excluding carboxylic acids is 1. The van der Waals surface area contributed by atoms with Crippen LogP contribution in [0.3, 0.4) is 0 Å². The van der Waals surface area contributed by atoms with Gasteiger partial charge in [-0.25, -0.2) is 13.2 Å². The largest absolute Gasteiger partial charge is 0.468 e. The second-order valence-corrected chi connectivity index (χ2v) is 9.64. The summed E-state index contributed by atoms with van der Waals surface area (Å²) in [5.74, 6) is 0.647. The van der Waals surface area contributed by atoms with Crippen LogP contribution in [0.25, 0.3) is 0 Å². The van der Waals surface area contributed by atoms with Crippen LogP contribution in [-0.2, 0) is 9.84 Å². The highest BCUT2D eigenvalue weighted by atomic mass is 32.2. The third-order valence-corrected chi connectivity index (χ3v) is 7.27. The number of hydrogen-bond donors (Lipinski definition) is 1. The van der Waals surface area contributed by atoms with Gasteiger partial charge in [-0.1, -0.05) is 26.0 Å². The molecule has 3 rings (SSSR count). The second kappa shape index (κ2) is 8.82. The Bertz CT molecular complexity index is 868. The molecule has 1 aliphatic rings. The number of hydrogen-bond acceptors (Lipinski definition) is 4. The standard InChI is InChI=1S/C21H28N2O4S/c1-16(2)17-8-10-18(11-9-17)28(25,26)20(19-7-6-14-27-19)15-22-21(24)23-12-4-3-5-13-23/h6-11,14,16,20H,3-5,12-13,15H2,1-2H3,(H,22,24)/t20-/m1/s1. The molecule has 0 spiro atoms. The number of furan rings is 1. The van der Waals surface area contributed by atoms with Gasteiger partial charge in [0.1, 0.15) is 11.0 Å². The monoisotopic (exact) mass is 404 g/mol. The van der Waals surface area contributed by atoms with Crippen LogP contribution in [-0.4, -0.2) is 39.0 Å². The number of nitrogens with zero attached hydrogens (tertiary/aromatic N) is 1. The highest BCUT2D eigenvalue weighted by Gasteiger charge is 2.32. The van der Waals surface area contributed by atoms with E-state index in [9.17, 15) is 13.2 Å². The van der Waals surface area contributed by atoms with Crippen LogP contribution < -0.4 is 5.32 Å². The number of benzene rings is 1. The Labute approximate surface area is 166 Å². The SMILES string of the molecule is CC(C)c1ccc(S(=O)(=O)[C@H](CNC(=O)N2CCCCC2)c2ccco2)cc1. The lowest BCUT2D eigenvalue weighted by Crippen LogP contribution is -2.44. The van der Waals surface area contributed by atoms with Gasteiger partial charge >= 0.3 is 6.03 Å². The first-order chi connectivity index (χ1) is 13.4. The Balaban J connectivity index is 1.80. The number of piperidine rings is 1. The summed E-state index contributed by atoms with van der Waals surface area (Å²) in [6.45, 7) is 5.51. The van der Waals surface area contributed by atoms with Crippen molar-refractivity contribution >= 4 is 15.9 Å². The van der Waals surface area contributed by atoms with E-state index >= 15 is 0 Å². The highest BCUT2D eigenvalue weighted by Crippen LogP contribution is 2.30. The molecule has 28 heavy (non-hydrogen) atoms. The average Bonchev–Trinajstić information content (AvgIpc) is 3.23. The number of likely N-dealkylation sites (tertiary alicyclic amines) is 1. The van der Waals surface area contributed by atoms with Gasteiger partial charge in [0, 0.05) is 19.6 Å². The van der Waals surface area contributed by atoms with Gasteiger partial charge in [0.15, 0.2) is 9.84 Å². The van der Waals surface area contributed by atoms with E-state index in [1.807, 2.05) is 12.1 Å². The maximum absolute atomic E-state index is 13.3. The molecule has 0 radical (unpaired) electrons. The lowest BCUT2D eigenvalue weighted by Gasteiger charge is -2.27. The molecule has 1 atom stereocenters. The van der Waals surface area contributed by atoms with Gasteiger partial charge < -0.3 is 14.6 Å². The van der Waals surface area contributed by atoms with E-state index in [1.165, 1.54) is 6.26 Å². The Kier molecular flexibility index (Phi) is 6.44. The number of rotatable bonds is 6. The van der Waals surface area contributed by atoms with E-state index in [2.05, 4.69) is 19.2 Å². The molecule has 0 saturated carbocycles. The molecule has 1 aromatic heterocycles. The fourth-order valence-electron chi connectivity index (χ4n) is 3.43. The molecule has 7 heteroatoms. The normalized spacial score (nSPS) is 16.2. The Morgan fingerprint density at radius 2 is 1.79 bits per heavy atom. The fourth-order valence-corrected chi connectivity index (χ4v) is 5.02. The van der Waals surface area contributed by atoms with Gasteiger partial charge in [-0.05, 0) is 55.0 Å². The molecule has 6 nitrogen and oxygen atoms in total. The summed E-state index contributed by atoms with van der Waals surface area (Å²) >= 11 is 0. The van der Waals surface area contributed by atoms with Gasteiger partial charge in [0.25, 0.3) is 0 Å². The van der Waals surface area contributed by atoms with Crippen molar-refractivity contribution in [3.63, 3.8) is 0 Å². The van der Waals surface area contributed by atoms with E-state index in [4.69, 9.17) is 4.42 Å². The van der Waals surface area contributed by atoms with Crippen molar-refractivity contribution in [2.45, 2.75) is 49.2 Å². The zero-order chi connectivity index (χ0) is 20.1. The summed E-state index contributed by atoms with van der Waals surface area (Å²) < 4.78 is 32.0. The molecule has 1 saturated heterocycles. The number of carbonyl (C=O) groups is 1. The molecule has 2 heterocycles. The minimum Gasteiger partial charge on any atom is -0.468 e. The van der Waals surface area contributed by atoms with E-state index in [0.717, 1.165) is 24.8 Å². The van der Waals surface area contributed by atoms with Crippen LogP contribution in [0.2, 0.25) is 0 Å². The predicted octanol–water partition coefficient (Wildman–Crippen LogP) is 4.11. The Morgan fingerprint density at radius 1 is 1.11 bits per heavy atom. The predicted molar refractivity (Wildman–Crippen MR) is 108 cm³/mol. The van der Waals surface area contributed by atoms with Gasteiger partial charge in [-0.3, -0.25) is 0 Å². The first-order valence-corrected chi connectivity index (χ1v) is 11.3. The van der Waals surface area contributed by atoms with Crippen molar-refractivity contribution in [1.82, 2.24) is 10.2 Å². The molecule has 0 unspecified atom stereocenters. The first-order valence-electron chi connectivity index (χ1n) is 9.79. The van der Waals surface area contributed by atoms with Crippen molar-refractivity contribution in [2.75, 3.05) is 19.6 Å². The molecule has 1 N–H and O–H groups in total. The lowest BCUT2D eigenvalue weighted by atomic mass is 10.0. The number of amides is 2. The summed E-state index contributed by atoms with van der Waals surface area (Å²) in [5.41, 5.74) is 1.08. The zero-order valence-corrected chi connectivity index (χ0v) is 17.2. The van der Waals surface area contributed by atoms with Crippen LogP contribution in [0.1, 0.15) is 55.6 Å². The van der Waals surface area contributed by atoms with E-state index in [1.54, 1.807) is 29.2 Å². The maximum atomic E-state index is 13.3. The minimum absolute atomic E-state index is 0.0306. The zero-order valence-electron chi connectivity index (χ0n) is 16.4. The van der Waals surface area contributed by atoms with Gasteiger partial charge in [-0.15, -0.1) is 0 Å². The average molecular weight is 405 g/mol.